The van der Waals surface area contributed by atoms with Crippen molar-refractivity contribution in [2.75, 3.05) is 9.80 Å². The minimum absolute atomic E-state index is 0.211. The van der Waals surface area contributed by atoms with Crippen molar-refractivity contribution in [3.8, 4) is 66.8 Å². The number of benzene rings is 13. The van der Waals surface area contributed by atoms with Gasteiger partial charge in [-0.15, -0.1) is 11.3 Å². The van der Waals surface area contributed by atoms with Crippen LogP contribution in [0.5, 0.6) is 0 Å². The number of fused-ring (bicyclic) bond motifs is 10. The summed E-state index contributed by atoms with van der Waals surface area (Å²) < 4.78 is 9.51. The fourth-order valence-corrected chi connectivity index (χ4v) is 15.6. The molecule has 0 saturated carbocycles. The molecule has 0 aliphatic carbocycles. The molecule has 2 aromatic heterocycles. The van der Waals surface area contributed by atoms with Crippen LogP contribution in [0.2, 0.25) is 0 Å². The van der Waals surface area contributed by atoms with Gasteiger partial charge in [0, 0.05) is 81.5 Å². The van der Waals surface area contributed by atoms with E-state index in [4.69, 9.17) is 4.42 Å². The van der Waals surface area contributed by atoms with Crippen LogP contribution in [0, 0.1) is 0 Å². The summed E-state index contributed by atoms with van der Waals surface area (Å²) in [4.78, 5) is 5.35. The lowest BCUT2D eigenvalue weighted by molar-refractivity contribution is 0.670. The van der Waals surface area contributed by atoms with Gasteiger partial charge >= 0.3 is 0 Å². The summed E-state index contributed by atoms with van der Waals surface area (Å²) in [6.07, 6.45) is 3.07. The van der Waals surface area contributed by atoms with Crippen molar-refractivity contribution in [1.82, 2.24) is 0 Å². The molecular weight excluding hydrogens is 1070 g/mol. The van der Waals surface area contributed by atoms with Gasteiger partial charge in [0.25, 0.3) is 6.71 Å². The van der Waals surface area contributed by atoms with Gasteiger partial charge in [0.1, 0.15) is 11.2 Å². The third-order valence-electron chi connectivity index (χ3n) is 18.2. The average molecular weight is 1130 g/mol. The van der Waals surface area contributed by atoms with Crippen LogP contribution < -0.4 is 26.2 Å². The molecule has 0 radical (unpaired) electrons. The maximum Gasteiger partial charge on any atom is 0.252 e. The number of hydrogen-bond acceptors (Lipinski definition) is 4. The molecule has 13 aromatic carbocycles. The van der Waals surface area contributed by atoms with E-state index in [2.05, 4.69) is 308 Å². The second kappa shape index (κ2) is 21.0. The normalized spacial score (nSPS) is 12.5. The highest BCUT2D eigenvalue weighted by molar-refractivity contribution is 7.26. The topological polar surface area (TPSA) is 19.6 Å². The highest BCUT2D eigenvalue weighted by Gasteiger charge is 2.45. The molecule has 0 unspecified atom stereocenters. The van der Waals surface area contributed by atoms with Gasteiger partial charge in [0.05, 0.1) is 11.4 Å². The van der Waals surface area contributed by atoms with Gasteiger partial charge in [-0.2, -0.15) is 0 Å². The largest absolute Gasteiger partial charge is 0.455 e. The molecule has 2 aliphatic heterocycles. The Morgan fingerprint density at radius 1 is 0.356 bits per heavy atom. The summed E-state index contributed by atoms with van der Waals surface area (Å²) in [6, 6.07) is 109. The van der Waals surface area contributed by atoms with Crippen molar-refractivity contribution in [3.05, 3.63) is 297 Å². The number of anilines is 6. The fourth-order valence-electron chi connectivity index (χ4n) is 14.3. The third-order valence-corrected chi connectivity index (χ3v) is 19.5. The van der Waals surface area contributed by atoms with Crippen LogP contribution >= 0.6 is 11.3 Å². The number of nitrogens with zero attached hydrogens (tertiary/aromatic N) is 2. The van der Waals surface area contributed by atoms with Crippen LogP contribution in [0.25, 0.3) is 109 Å². The first-order valence-electron chi connectivity index (χ1n) is 30.5. The lowest BCUT2D eigenvalue weighted by Crippen LogP contribution is -2.61. The zero-order chi connectivity index (χ0) is 57.5. The quantitative estimate of drug-likeness (QED) is 0.120. The molecule has 0 spiro atoms. The number of unbranched alkanes of at least 4 members (excludes halogenated alkanes) is 1. The van der Waals surface area contributed by atoms with E-state index in [1.165, 1.54) is 86.9 Å². The molecule has 2 aliphatic rings. The molecule has 410 valence electrons. The number of aryl methyl sites for hydroxylation is 1. The first-order chi connectivity index (χ1) is 43.1. The summed E-state index contributed by atoms with van der Waals surface area (Å²) in [5, 5.41) is 4.82. The summed E-state index contributed by atoms with van der Waals surface area (Å²) in [5.74, 6) is 0. The molecule has 5 heteroatoms. The molecular formula is C82H57BN2OS. The molecule has 4 heterocycles. The van der Waals surface area contributed by atoms with E-state index < -0.39 is 0 Å². The van der Waals surface area contributed by atoms with Crippen molar-refractivity contribution in [3.63, 3.8) is 0 Å². The lowest BCUT2D eigenvalue weighted by atomic mass is 9.33. The predicted molar refractivity (Wildman–Crippen MR) is 372 cm³/mol. The summed E-state index contributed by atoms with van der Waals surface area (Å²) in [6.45, 7) is 2.10. The van der Waals surface area contributed by atoms with Gasteiger partial charge < -0.3 is 14.2 Å². The standard InChI is InChI=1S/C82H57BN2OS/c1-2-3-24-53-49-74-78-75(50-53)85(80-62(56-29-12-6-13-30-56)37-21-38-63(80)57-31-14-7-15-32-57)73-48-46-59(65-40-23-42-69-67-34-17-19-44-77(67)87-82(65)69)52-71(73)83(78)70-51-58(64-39-22-41-68-66-33-16-18-43-76(66)86-81(64)68)45-47-72(70)84(74)79-60(54-25-8-4-9-26-54)35-20-36-61(79)55-27-10-5-11-28-55/h4-23,25-52H,2-3,24H2,1H3. The molecule has 17 rings (SSSR count). The molecule has 0 atom stereocenters. The van der Waals surface area contributed by atoms with Gasteiger partial charge in [0.15, 0.2) is 0 Å². The zero-order valence-corrected chi connectivity index (χ0v) is 48.9. The molecule has 0 saturated heterocycles. The van der Waals surface area contributed by atoms with Crippen LogP contribution in [0.4, 0.5) is 34.1 Å². The van der Waals surface area contributed by atoms with Gasteiger partial charge in [-0.05, 0) is 110 Å². The third kappa shape index (κ3) is 8.33. The smallest absolute Gasteiger partial charge is 0.252 e. The van der Waals surface area contributed by atoms with Gasteiger partial charge in [-0.25, -0.2) is 0 Å². The van der Waals surface area contributed by atoms with E-state index in [0.29, 0.717) is 0 Å². The molecule has 0 N–H and O–H groups in total. The Morgan fingerprint density at radius 3 is 1.33 bits per heavy atom. The van der Waals surface area contributed by atoms with Crippen molar-refractivity contribution in [2.24, 2.45) is 0 Å². The Bertz CT molecular complexity index is 4730. The van der Waals surface area contributed by atoms with Gasteiger partial charge in [-0.1, -0.05) is 268 Å². The maximum atomic E-state index is 6.91. The number of hydrogen-bond donors (Lipinski definition) is 0. The molecule has 0 amide bonds. The monoisotopic (exact) mass is 1130 g/mol. The SMILES string of the molecule is CCCCc1cc2c3c(c1)N(c1c(-c4ccccc4)cccc1-c1ccccc1)c1ccc(-c4cccc5c4sc4ccccc45)cc1B3c1cc(-c3cccc4c3oc3ccccc34)ccc1N2c1c(-c2ccccc2)cccc1-c1ccccc1. The zero-order valence-electron chi connectivity index (χ0n) is 48.1. The van der Waals surface area contributed by atoms with Crippen LogP contribution in [0.15, 0.2) is 296 Å². The highest BCUT2D eigenvalue weighted by atomic mass is 32.1. The molecule has 0 bridgehead atoms. The van der Waals surface area contributed by atoms with E-state index in [-0.39, 0.29) is 6.71 Å². The fraction of sp³-hybridized carbons (Fsp3) is 0.0488. The van der Waals surface area contributed by atoms with E-state index in [1.54, 1.807) is 0 Å². The second-order valence-corrected chi connectivity index (χ2v) is 24.3. The van der Waals surface area contributed by atoms with Crippen molar-refractivity contribution in [2.45, 2.75) is 26.2 Å². The average Bonchev–Trinajstić information content (AvgIpc) is 1.30. The summed E-state index contributed by atoms with van der Waals surface area (Å²) in [5.41, 5.74) is 27.8. The Hall–Kier alpha value is -10.5. The molecule has 15 aromatic rings. The first-order valence-corrected chi connectivity index (χ1v) is 31.3. The second-order valence-electron chi connectivity index (χ2n) is 23.2. The highest BCUT2D eigenvalue weighted by Crippen LogP contribution is 2.54. The van der Waals surface area contributed by atoms with Crippen molar-refractivity contribution < 1.29 is 4.42 Å². The van der Waals surface area contributed by atoms with Crippen molar-refractivity contribution in [1.29, 1.82) is 0 Å². The van der Waals surface area contributed by atoms with E-state index in [1.807, 2.05) is 11.3 Å². The van der Waals surface area contributed by atoms with E-state index >= 15 is 0 Å². The number of rotatable bonds is 11. The summed E-state index contributed by atoms with van der Waals surface area (Å²) in [7, 11) is 0. The van der Waals surface area contributed by atoms with Crippen LogP contribution in [-0.4, -0.2) is 6.71 Å². The molecule has 87 heavy (non-hydrogen) atoms. The van der Waals surface area contributed by atoms with E-state index in [0.717, 1.165) is 97.3 Å². The maximum absolute atomic E-state index is 6.91. The Labute approximate surface area is 511 Å². The van der Waals surface area contributed by atoms with Crippen LogP contribution in [0.3, 0.4) is 0 Å². The van der Waals surface area contributed by atoms with Gasteiger partial charge in [-0.3, -0.25) is 0 Å². The Balaban J connectivity index is 1.03. The minimum Gasteiger partial charge on any atom is -0.455 e. The number of thiophene rings is 1. The Kier molecular flexibility index (Phi) is 12.3. The molecule has 3 nitrogen and oxygen atoms in total. The van der Waals surface area contributed by atoms with Crippen LogP contribution in [0.1, 0.15) is 25.3 Å². The Morgan fingerprint density at radius 2 is 0.793 bits per heavy atom. The van der Waals surface area contributed by atoms with Crippen molar-refractivity contribution >= 4 is 111 Å². The minimum atomic E-state index is -0.211. The van der Waals surface area contributed by atoms with Crippen LogP contribution in [-0.2, 0) is 6.42 Å². The lowest BCUT2D eigenvalue weighted by Gasteiger charge is -2.46. The first kappa shape index (κ1) is 51.0. The summed E-state index contributed by atoms with van der Waals surface area (Å²) >= 11 is 1.90. The molecule has 0 fully saturated rings. The number of para-hydroxylation sites is 4. The van der Waals surface area contributed by atoms with Gasteiger partial charge in [0.2, 0.25) is 0 Å². The number of furan rings is 1. The predicted octanol–water partition coefficient (Wildman–Crippen LogP) is 21.4. The van der Waals surface area contributed by atoms with E-state index in [9.17, 15) is 0 Å².